The Labute approximate surface area is 205 Å². The van der Waals surface area contributed by atoms with E-state index in [1.807, 2.05) is 0 Å². The van der Waals surface area contributed by atoms with Crippen LogP contribution in [-0.4, -0.2) is 47.9 Å². The number of aryl methyl sites for hydroxylation is 1. The highest BCUT2D eigenvalue weighted by Gasteiger charge is 2.33. The largest absolute Gasteiger partial charge is 0.433 e. The van der Waals surface area contributed by atoms with Crippen LogP contribution < -0.4 is 0 Å². The molecule has 0 fully saturated rings. The van der Waals surface area contributed by atoms with Gasteiger partial charge in [-0.2, -0.15) is 13.2 Å². The third-order valence-electron chi connectivity index (χ3n) is 5.76. The van der Waals surface area contributed by atoms with E-state index >= 15 is 0 Å². The summed E-state index contributed by atoms with van der Waals surface area (Å²) in [6.45, 7) is 3.00. The highest BCUT2D eigenvalue weighted by Crippen LogP contribution is 2.34. The molecule has 0 aliphatic carbocycles. The average Bonchev–Trinajstić information content (AvgIpc) is 3.18. The van der Waals surface area contributed by atoms with Crippen LogP contribution in [0.1, 0.15) is 19.5 Å². The Kier molecular flexibility index (Phi) is 6.41. The van der Waals surface area contributed by atoms with E-state index in [1.54, 1.807) is 12.1 Å². The Bertz CT molecular complexity index is 1680. The minimum atomic E-state index is -4.66. The standard InChI is InChI=1S/C23H21F3N4O4S2/c1-4-35(31,32)16-8-6-14(7-9-16)15-10-19(36(33,34)5-2)21(28-12-15)22-29-17-11-20(23(24,25)26)27-13-18(17)30(22)3/h6-13H,4-5H2,1-3H3. The Balaban J connectivity index is 1.88. The Hall–Kier alpha value is -3.32. The number of fused-ring (bicyclic) bond motifs is 1. The zero-order valence-electron chi connectivity index (χ0n) is 19.4. The van der Waals surface area contributed by atoms with Crippen LogP contribution in [0.25, 0.3) is 33.7 Å². The van der Waals surface area contributed by atoms with Gasteiger partial charge in [0.1, 0.15) is 11.4 Å². The molecule has 0 radical (unpaired) electrons. The second-order valence-electron chi connectivity index (χ2n) is 7.95. The summed E-state index contributed by atoms with van der Waals surface area (Å²) in [6.07, 6.45) is -2.22. The van der Waals surface area contributed by atoms with Gasteiger partial charge in [-0.25, -0.2) is 26.8 Å². The zero-order valence-corrected chi connectivity index (χ0v) is 21.0. The van der Waals surface area contributed by atoms with Crippen molar-refractivity contribution in [3.05, 3.63) is 54.5 Å². The molecule has 0 aliphatic heterocycles. The number of hydrogen-bond acceptors (Lipinski definition) is 7. The lowest BCUT2D eigenvalue weighted by Gasteiger charge is -2.12. The molecule has 1 aromatic carbocycles. The lowest BCUT2D eigenvalue weighted by Crippen LogP contribution is -2.09. The third kappa shape index (κ3) is 4.60. The zero-order chi connectivity index (χ0) is 26.5. The fourth-order valence-corrected chi connectivity index (χ4v) is 5.58. The average molecular weight is 539 g/mol. The number of imidazole rings is 1. The van der Waals surface area contributed by atoms with E-state index in [9.17, 15) is 30.0 Å². The van der Waals surface area contributed by atoms with Gasteiger partial charge in [-0.3, -0.25) is 4.98 Å². The number of rotatable bonds is 6. The molecule has 0 unspecified atom stereocenters. The SMILES string of the molecule is CCS(=O)(=O)c1ccc(-c2cnc(-c3nc4cc(C(F)(F)F)ncc4n3C)c(S(=O)(=O)CC)c2)cc1. The van der Waals surface area contributed by atoms with E-state index in [0.29, 0.717) is 11.1 Å². The number of nitrogens with zero attached hydrogens (tertiary/aromatic N) is 4. The number of halogens is 3. The molecule has 0 saturated heterocycles. The number of hydrogen-bond donors (Lipinski definition) is 0. The summed E-state index contributed by atoms with van der Waals surface area (Å²) in [4.78, 5) is 12.0. The van der Waals surface area contributed by atoms with Crippen LogP contribution in [0.2, 0.25) is 0 Å². The molecule has 8 nitrogen and oxygen atoms in total. The van der Waals surface area contributed by atoms with Gasteiger partial charge in [0.25, 0.3) is 0 Å². The van der Waals surface area contributed by atoms with Crippen molar-refractivity contribution in [3.63, 3.8) is 0 Å². The molecule has 0 aliphatic rings. The molecule has 3 aromatic heterocycles. The summed E-state index contributed by atoms with van der Waals surface area (Å²) in [6, 6.07) is 8.19. The van der Waals surface area contributed by atoms with Crippen molar-refractivity contribution in [2.75, 3.05) is 11.5 Å². The lowest BCUT2D eigenvalue weighted by atomic mass is 10.1. The van der Waals surface area contributed by atoms with E-state index in [2.05, 4.69) is 15.0 Å². The van der Waals surface area contributed by atoms with E-state index < -0.39 is 31.5 Å². The van der Waals surface area contributed by atoms with Crippen LogP contribution >= 0.6 is 0 Å². The van der Waals surface area contributed by atoms with Crippen LogP contribution in [-0.2, 0) is 32.9 Å². The van der Waals surface area contributed by atoms with Crippen LogP contribution in [0.15, 0.2) is 58.6 Å². The smallest absolute Gasteiger partial charge is 0.324 e. The van der Waals surface area contributed by atoms with E-state index in [-0.39, 0.29) is 43.8 Å². The fraction of sp³-hybridized carbons (Fsp3) is 0.261. The highest BCUT2D eigenvalue weighted by atomic mass is 32.2. The monoisotopic (exact) mass is 538 g/mol. The molecular formula is C23H21F3N4O4S2. The minimum absolute atomic E-state index is 0.00623. The molecule has 0 bridgehead atoms. The van der Waals surface area contributed by atoms with Gasteiger partial charge in [-0.15, -0.1) is 0 Å². The summed E-state index contributed by atoms with van der Waals surface area (Å²) in [5, 5.41) is 0. The number of pyridine rings is 2. The van der Waals surface area contributed by atoms with Gasteiger partial charge in [0, 0.05) is 18.8 Å². The van der Waals surface area contributed by atoms with Crippen molar-refractivity contribution >= 4 is 30.7 Å². The molecule has 13 heteroatoms. The normalized spacial score (nSPS) is 12.8. The van der Waals surface area contributed by atoms with E-state index in [1.165, 1.54) is 49.9 Å². The molecular weight excluding hydrogens is 517 g/mol. The fourth-order valence-electron chi connectivity index (χ4n) is 3.64. The van der Waals surface area contributed by atoms with Crippen molar-refractivity contribution in [3.8, 4) is 22.6 Å². The molecule has 190 valence electrons. The van der Waals surface area contributed by atoms with Gasteiger partial charge in [0.05, 0.1) is 38.5 Å². The quantitative estimate of drug-likeness (QED) is 0.360. The lowest BCUT2D eigenvalue weighted by molar-refractivity contribution is -0.141. The first-order valence-electron chi connectivity index (χ1n) is 10.7. The molecule has 36 heavy (non-hydrogen) atoms. The van der Waals surface area contributed by atoms with E-state index in [4.69, 9.17) is 0 Å². The van der Waals surface area contributed by atoms with Crippen molar-refractivity contribution in [1.29, 1.82) is 0 Å². The topological polar surface area (TPSA) is 112 Å². The van der Waals surface area contributed by atoms with Gasteiger partial charge >= 0.3 is 6.18 Å². The van der Waals surface area contributed by atoms with Crippen molar-refractivity contribution in [2.24, 2.45) is 7.05 Å². The second kappa shape index (κ2) is 8.96. The maximum atomic E-state index is 13.1. The van der Waals surface area contributed by atoms with Gasteiger partial charge in [0.15, 0.2) is 25.5 Å². The number of alkyl halides is 3. The number of aromatic nitrogens is 4. The first-order valence-corrected chi connectivity index (χ1v) is 14.0. The predicted octanol–water partition coefficient (Wildman–Crippen LogP) is 4.30. The predicted molar refractivity (Wildman–Crippen MR) is 128 cm³/mol. The molecule has 0 saturated carbocycles. The third-order valence-corrected chi connectivity index (χ3v) is 9.26. The van der Waals surface area contributed by atoms with Crippen LogP contribution in [0, 0.1) is 0 Å². The first-order chi connectivity index (χ1) is 16.8. The summed E-state index contributed by atoms with van der Waals surface area (Å²) in [5.41, 5.74) is 0.104. The molecule has 4 aromatic rings. The molecule has 0 amide bonds. The summed E-state index contributed by atoms with van der Waals surface area (Å²) < 4.78 is 90.9. The van der Waals surface area contributed by atoms with Crippen molar-refractivity contribution in [1.82, 2.24) is 19.5 Å². The number of sulfone groups is 2. The molecule has 0 spiro atoms. The maximum absolute atomic E-state index is 13.1. The van der Waals surface area contributed by atoms with Crippen LogP contribution in [0.5, 0.6) is 0 Å². The van der Waals surface area contributed by atoms with Gasteiger partial charge in [-0.1, -0.05) is 26.0 Å². The minimum Gasteiger partial charge on any atom is -0.324 e. The van der Waals surface area contributed by atoms with Crippen LogP contribution in [0.3, 0.4) is 0 Å². The van der Waals surface area contributed by atoms with Gasteiger partial charge in [0.2, 0.25) is 0 Å². The van der Waals surface area contributed by atoms with Gasteiger partial charge in [-0.05, 0) is 29.8 Å². The summed E-state index contributed by atoms with van der Waals surface area (Å²) in [7, 11) is -5.71. The van der Waals surface area contributed by atoms with Crippen molar-refractivity contribution < 1.29 is 30.0 Å². The number of benzene rings is 1. The van der Waals surface area contributed by atoms with E-state index in [0.717, 1.165) is 12.3 Å². The van der Waals surface area contributed by atoms with Crippen molar-refractivity contribution in [2.45, 2.75) is 29.8 Å². The second-order valence-corrected chi connectivity index (χ2v) is 12.5. The molecule has 0 N–H and O–H groups in total. The Morgan fingerprint density at radius 3 is 2.08 bits per heavy atom. The Morgan fingerprint density at radius 2 is 1.50 bits per heavy atom. The van der Waals surface area contributed by atoms with Crippen LogP contribution in [0.4, 0.5) is 13.2 Å². The highest BCUT2D eigenvalue weighted by molar-refractivity contribution is 7.91. The first kappa shape index (κ1) is 25.8. The maximum Gasteiger partial charge on any atom is 0.433 e. The van der Waals surface area contributed by atoms with Gasteiger partial charge < -0.3 is 4.57 Å². The molecule has 4 rings (SSSR count). The Morgan fingerprint density at radius 1 is 0.861 bits per heavy atom. The molecule has 3 heterocycles. The summed E-state index contributed by atoms with van der Waals surface area (Å²) in [5.74, 6) is -0.240. The molecule has 0 atom stereocenters. The summed E-state index contributed by atoms with van der Waals surface area (Å²) >= 11 is 0.